The number of morpholine rings is 1. The van der Waals surface area contributed by atoms with Crippen LogP contribution in [0.5, 0.6) is 5.75 Å². The summed E-state index contributed by atoms with van der Waals surface area (Å²) in [7, 11) is 1.88. The molecule has 1 aliphatic carbocycles. The van der Waals surface area contributed by atoms with Crippen LogP contribution in [0.25, 0.3) is 10.9 Å². The van der Waals surface area contributed by atoms with Crippen LogP contribution in [0.3, 0.4) is 0 Å². The lowest BCUT2D eigenvalue weighted by Crippen LogP contribution is -2.36. The molecule has 168 valence electrons. The second-order valence-corrected chi connectivity index (χ2v) is 8.81. The first kappa shape index (κ1) is 20.9. The lowest BCUT2D eigenvalue weighted by molar-refractivity contribution is 0.0900. The zero-order chi connectivity index (χ0) is 21.9. The van der Waals surface area contributed by atoms with Crippen molar-refractivity contribution in [1.82, 2.24) is 19.5 Å². The molecule has 2 fully saturated rings. The van der Waals surface area contributed by atoms with Crippen molar-refractivity contribution in [2.45, 2.75) is 38.2 Å². The van der Waals surface area contributed by atoms with Crippen LogP contribution in [-0.4, -0.2) is 57.7 Å². The third-order valence-corrected chi connectivity index (χ3v) is 6.50. The van der Waals surface area contributed by atoms with Gasteiger partial charge < -0.3 is 18.9 Å². The van der Waals surface area contributed by atoms with Crippen LogP contribution < -0.4 is 9.64 Å². The van der Waals surface area contributed by atoms with Gasteiger partial charge in [0.15, 0.2) is 5.78 Å². The Morgan fingerprint density at radius 2 is 1.97 bits per heavy atom. The summed E-state index contributed by atoms with van der Waals surface area (Å²) in [4.78, 5) is 27.7. The van der Waals surface area contributed by atoms with Gasteiger partial charge in [-0.2, -0.15) is 0 Å². The number of hydrogen-bond acceptors (Lipinski definition) is 7. The monoisotopic (exact) mass is 435 g/mol. The highest BCUT2D eigenvalue weighted by atomic mass is 16.5. The van der Waals surface area contributed by atoms with E-state index in [-0.39, 0.29) is 11.9 Å². The summed E-state index contributed by atoms with van der Waals surface area (Å²) < 4.78 is 13.8. The van der Waals surface area contributed by atoms with Crippen LogP contribution in [0.15, 0.2) is 37.2 Å². The first-order chi connectivity index (χ1) is 15.7. The molecule has 32 heavy (non-hydrogen) atoms. The van der Waals surface area contributed by atoms with Gasteiger partial charge in [-0.1, -0.05) is 0 Å². The van der Waals surface area contributed by atoms with Crippen molar-refractivity contribution in [3.05, 3.63) is 42.9 Å². The fourth-order valence-electron chi connectivity index (χ4n) is 4.70. The van der Waals surface area contributed by atoms with Gasteiger partial charge in [-0.3, -0.25) is 4.79 Å². The van der Waals surface area contributed by atoms with Gasteiger partial charge in [0.2, 0.25) is 0 Å². The molecule has 0 spiro atoms. The van der Waals surface area contributed by atoms with E-state index in [0.717, 1.165) is 74.3 Å². The lowest BCUT2D eigenvalue weighted by Gasteiger charge is -2.31. The third kappa shape index (κ3) is 4.60. The van der Waals surface area contributed by atoms with Gasteiger partial charge in [-0.05, 0) is 37.7 Å². The number of hydrogen-bond donors (Lipinski definition) is 0. The average molecular weight is 436 g/mol. The molecule has 1 aromatic carbocycles. The van der Waals surface area contributed by atoms with E-state index >= 15 is 0 Å². The first-order valence-electron chi connectivity index (χ1n) is 11.4. The van der Waals surface area contributed by atoms with E-state index in [1.807, 2.05) is 17.8 Å². The molecule has 0 atom stereocenters. The number of fused-ring (bicyclic) bond motifs is 1. The van der Waals surface area contributed by atoms with Crippen LogP contribution >= 0.6 is 0 Å². The normalized spacial score (nSPS) is 21.6. The van der Waals surface area contributed by atoms with Crippen LogP contribution in [0.2, 0.25) is 0 Å². The van der Waals surface area contributed by atoms with E-state index in [0.29, 0.717) is 18.0 Å². The quantitative estimate of drug-likeness (QED) is 0.549. The second-order valence-electron chi connectivity index (χ2n) is 8.81. The molecule has 0 amide bonds. The van der Waals surface area contributed by atoms with Crippen LogP contribution in [0, 0.1) is 5.92 Å². The van der Waals surface area contributed by atoms with E-state index in [1.165, 1.54) is 0 Å². The number of ether oxygens (including phenoxy) is 2. The van der Waals surface area contributed by atoms with E-state index in [4.69, 9.17) is 9.47 Å². The fourth-order valence-corrected chi connectivity index (χ4v) is 4.70. The Hall–Kier alpha value is -3.00. The largest absolute Gasteiger partial charge is 0.490 e. The minimum Gasteiger partial charge on any atom is -0.490 e. The average Bonchev–Trinajstić information content (AvgIpc) is 3.27. The minimum absolute atomic E-state index is 0.135. The number of imidazole rings is 1. The molecule has 0 N–H and O–H groups in total. The van der Waals surface area contributed by atoms with Gasteiger partial charge in [0.05, 0.1) is 36.5 Å². The van der Waals surface area contributed by atoms with Crippen LogP contribution in [0.4, 0.5) is 5.69 Å². The summed E-state index contributed by atoms with van der Waals surface area (Å²) >= 11 is 0. The Bertz CT molecular complexity index is 1080. The van der Waals surface area contributed by atoms with Crippen molar-refractivity contribution in [2.75, 3.05) is 31.2 Å². The Morgan fingerprint density at radius 3 is 2.72 bits per heavy atom. The van der Waals surface area contributed by atoms with E-state index in [9.17, 15) is 4.79 Å². The highest BCUT2D eigenvalue weighted by Crippen LogP contribution is 2.35. The smallest absolute Gasteiger partial charge is 0.183 e. The van der Waals surface area contributed by atoms with Crippen molar-refractivity contribution in [2.24, 2.45) is 13.0 Å². The maximum absolute atomic E-state index is 12.5. The van der Waals surface area contributed by atoms with Gasteiger partial charge in [-0.25, -0.2) is 15.0 Å². The summed E-state index contributed by atoms with van der Waals surface area (Å²) in [6.07, 6.45) is 11.4. The van der Waals surface area contributed by atoms with Crippen molar-refractivity contribution in [3.63, 3.8) is 0 Å². The summed E-state index contributed by atoms with van der Waals surface area (Å²) in [5, 5.41) is 0.942. The number of nitrogens with zero attached hydrogens (tertiary/aromatic N) is 5. The van der Waals surface area contributed by atoms with Crippen molar-refractivity contribution in [1.29, 1.82) is 0 Å². The van der Waals surface area contributed by atoms with Gasteiger partial charge in [0.1, 0.15) is 17.8 Å². The molecule has 5 rings (SSSR count). The van der Waals surface area contributed by atoms with Gasteiger partial charge >= 0.3 is 0 Å². The maximum Gasteiger partial charge on any atom is 0.183 e. The van der Waals surface area contributed by atoms with Gasteiger partial charge in [-0.15, -0.1) is 0 Å². The molecule has 2 aliphatic rings. The highest BCUT2D eigenvalue weighted by Gasteiger charge is 2.26. The summed E-state index contributed by atoms with van der Waals surface area (Å²) in [6, 6.07) is 4.23. The van der Waals surface area contributed by atoms with Crippen molar-refractivity contribution in [3.8, 4) is 5.75 Å². The van der Waals surface area contributed by atoms with Crippen LogP contribution in [-0.2, 0) is 11.8 Å². The third-order valence-electron chi connectivity index (χ3n) is 6.50. The number of carbonyl (C=O) groups is 1. The second kappa shape index (κ2) is 9.24. The number of anilines is 1. The molecule has 3 aromatic rings. The summed E-state index contributed by atoms with van der Waals surface area (Å²) in [5.74, 6) is 1.37. The maximum atomic E-state index is 12.5. The molecule has 8 heteroatoms. The molecular formula is C24H29N5O3. The Morgan fingerprint density at radius 1 is 1.16 bits per heavy atom. The molecule has 0 unspecified atom stereocenters. The van der Waals surface area contributed by atoms with Crippen LogP contribution in [0.1, 0.15) is 42.6 Å². The first-order valence-corrected chi connectivity index (χ1v) is 11.4. The summed E-state index contributed by atoms with van der Waals surface area (Å²) in [6.45, 7) is 3.20. The predicted molar refractivity (Wildman–Crippen MR) is 121 cm³/mol. The van der Waals surface area contributed by atoms with Crippen molar-refractivity contribution < 1.29 is 14.3 Å². The van der Waals surface area contributed by atoms with E-state index in [2.05, 4.69) is 32.0 Å². The lowest BCUT2D eigenvalue weighted by atomic mass is 9.84. The number of aryl methyl sites for hydroxylation is 1. The zero-order valence-corrected chi connectivity index (χ0v) is 18.4. The summed E-state index contributed by atoms with van der Waals surface area (Å²) in [5.41, 5.74) is 2.58. The Labute approximate surface area is 187 Å². The topological polar surface area (TPSA) is 82.4 Å². The molecule has 1 saturated carbocycles. The molecule has 1 saturated heterocycles. The molecule has 8 nitrogen and oxygen atoms in total. The molecular weight excluding hydrogens is 406 g/mol. The van der Waals surface area contributed by atoms with Crippen molar-refractivity contribution >= 4 is 22.4 Å². The minimum atomic E-state index is 0.135. The van der Waals surface area contributed by atoms with Gasteiger partial charge in [0, 0.05) is 50.7 Å². The standard InChI is InChI=1S/C24H29N5O3/c1-28-14-22(27-16-28)23(30)10-17-2-4-19(5-3-17)32-24-12-18(29-6-8-31-9-7-29)11-21-20(24)13-25-15-26-21/h11-17,19H,2-10H2,1H3. The molecule has 0 bridgehead atoms. The van der Waals surface area contributed by atoms with E-state index < -0.39 is 0 Å². The fraction of sp³-hybridized carbons (Fsp3) is 0.500. The Kier molecular flexibility index (Phi) is 6.03. The number of ketones is 1. The molecule has 1 aliphatic heterocycles. The Balaban J connectivity index is 1.25. The molecule has 2 aromatic heterocycles. The SMILES string of the molecule is Cn1cnc(C(=O)CC2CCC(Oc3cc(N4CCOCC4)cc4ncncc34)CC2)c1. The zero-order valence-electron chi connectivity index (χ0n) is 18.4. The molecule has 3 heterocycles. The highest BCUT2D eigenvalue weighted by molar-refractivity contribution is 5.94. The molecule has 0 radical (unpaired) electrons. The predicted octanol–water partition coefficient (Wildman–Crippen LogP) is 3.41. The van der Waals surface area contributed by atoms with E-state index in [1.54, 1.807) is 18.9 Å². The van der Waals surface area contributed by atoms with Gasteiger partial charge in [0.25, 0.3) is 0 Å². The number of rotatable bonds is 6. The number of carbonyl (C=O) groups excluding carboxylic acids is 1. The number of benzene rings is 1. The number of Topliss-reactive ketones (excluding diaryl/α,β-unsaturated/α-hetero) is 1. The number of aromatic nitrogens is 4.